The van der Waals surface area contributed by atoms with E-state index in [-0.39, 0.29) is 0 Å². The van der Waals surface area contributed by atoms with Crippen LogP contribution in [0.5, 0.6) is 0 Å². The lowest BCUT2D eigenvalue weighted by Crippen LogP contribution is -2.34. The van der Waals surface area contributed by atoms with E-state index in [1.165, 1.54) is 22.7 Å². The molecule has 2 heterocycles. The Balaban J connectivity index is 2.17. The lowest BCUT2D eigenvalue weighted by atomic mass is 10.1. The molecule has 1 N–H and O–H groups in total. The Morgan fingerprint density at radius 1 is 1.60 bits per heavy atom. The highest BCUT2D eigenvalue weighted by Gasteiger charge is 2.19. The summed E-state index contributed by atoms with van der Waals surface area (Å²) < 4.78 is 0. The summed E-state index contributed by atoms with van der Waals surface area (Å²) in [6.45, 7) is 3.36. The maximum Gasteiger partial charge on any atom is 0.0427 e. The minimum absolute atomic E-state index is 0.679. The highest BCUT2D eigenvalue weighted by Crippen LogP contribution is 2.28. The van der Waals surface area contributed by atoms with Gasteiger partial charge in [0.2, 0.25) is 0 Å². The summed E-state index contributed by atoms with van der Waals surface area (Å²) in [5.41, 5.74) is 0. The van der Waals surface area contributed by atoms with Gasteiger partial charge >= 0.3 is 0 Å². The highest BCUT2D eigenvalue weighted by molar-refractivity contribution is 7.12. The Bertz CT molecular complexity index is 225. The van der Waals surface area contributed by atoms with Crippen LogP contribution in [0.25, 0.3) is 0 Å². The van der Waals surface area contributed by atoms with Crippen molar-refractivity contribution in [3.05, 3.63) is 21.9 Å². The first-order valence-electron chi connectivity index (χ1n) is 3.66. The number of hydrogen-bond acceptors (Lipinski definition) is 2. The van der Waals surface area contributed by atoms with Crippen LogP contribution in [0.3, 0.4) is 0 Å². The molecule has 0 aromatic carbocycles. The summed E-state index contributed by atoms with van der Waals surface area (Å²) in [4.78, 5) is 2.92. The monoisotopic (exact) mass is 153 g/mol. The van der Waals surface area contributed by atoms with Crippen molar-refractivity contribution >= 4 is 11.3 Å². The molecule has 10 heavy (non-hydrogen) atoms. The van der Waals surface area contributed by atoms with E-state index in [9.17, 15) is 0 Å². The van der Waals surface area contributed by atoms with Crippen LogP contribution in [-0.2, 0) is 0 Å². The van der Waals surface area contributed by atoms with Crippen LogP contribution in [0.2, 0.25) is 0 Å². The SMILES string of the molecule is Cc1ccc([C@@H]2CCN2)s1. The van der Waals surface area contributed by atoms with Crippen molar-refractivity contribution in [2.75, 3.05) is 6.54 Å². The van der Waals surface area contributed by atoms with Gasteiger partial charge in [-0.05, 0) is 32.0 Å². The molecule has 2 rings (SSSR count). The Morgan fingerprint density at radius 2 is 2.40 bits per heavy atom. The molecular formula is C8H11NS. The van der Waals surface area contributed by atoms with Crippen LogP contribution in [-0.4, -0.2) is 6.54 Å². The minimum atomic E-state index is 0.679. The van der Waals surface area contributed by atoms with E-state index in [2.05, 4.69) is 24.4 Å². The van der Waals surface area contributed by atoms with Gasteiger partial charge in [0.25, 0.3) is 0 Å². The largest absolute Gasteiger partial charge is 0.309 e. The topological polar surface area (TPSA) is 12.0 Å². The van der Waals surface area contributed by atoms with Gasteiger partial charge in [0, 0.05) is 15.8 Å². The van der Waals surface area contributed by atoms with Gasteiger partial charge in [0.1, 0.15) is 0 Å². The van der Waals surface area contributed by atoms with E-state index in [1.807, 2.05) is 11.3 Å². The number of hydrogen-bond donors (Lipinski definition) is 1. The van der Waals surface area contributed by atoms with Crippen molar-refractivity contribution < 1.29 is 0 Å². The van der Waals surface area contributed by atoms with E-state index in [4.69, 9.17) is 0 Å². The first-order chi connectivity index (χ1) is 4.86. The predicted molar refractivity (Wildman–Crippen MR) is 44.4 cm³/mol. The second kappa shape index (κ2) is 2.36. The molecule has 2 heteroatoms. The maximum absolute atomic E-state index is 3.39. The third-order valence-electron chi connectivity index (χ3n) is 1.93. The van der Waals surface area contributed by atoms with Crippen LogP contribution in [0.1, 0.15) is 22.2 Å². The zero-order chi connectivity index (χ0) is 6.97. The molecule has 1 aliphatic heterocycles. The number of rotatable bonds is 1. The van der Waals surface area contributed by atoms with E-state index >= 15 is 0 Å². The molecule has 0 saturated carbocycles. The van der Waals surface area contributed by atoms with Gasteiger partial charge in [-0.25, -0.2) is 0 Å². The lowest BCUT2D eigenvalue weighted by Gasteiger charge is -2.26. The van der Waals surface area contributed by atoms with Crippen LogP contribution in [0, 0.1) is 6.92 Å². The molecule has 0 amide bonds. The Kier molecular flexibility index (Phi) is 1.51. The summed E-state index contributed by atoms with van der Waals surface area (Å²) in [6, 6.07) is 5.11. The van der Waals surface area contributed by atoms with Gasteiger partial charge in [-0.2, -0.15) is 0 Å². The quantitative estimate of drug-likeness (QED) is 0.651. The van der Waals surface area contributed by atoms with E-state index in [1.54, 1.807) is 0 Å². The third-order valence-corrected chi connectivity index (χ3v) is 3.04. The fourth-order valence-electron chi connectivity index (χ4n) is 1.17. The average molecular weight is 153 g/mol. The standard InChI is InChI=1S/C8H11NS/c1-6-2-3-8(10-6)7-4-5-9-7/h2-3,7,9H,4-5H2,1H3/t7-/m0/s1. The van der Waals surface area contributed by atoms with Gasteiger partial charge in [0.15, 0.2) is 0 Å². The van der Waals surface area contributed by atoms with Gasteiger partial charge in [-0.3, -0.25) is 0 Å². The second-order valence-corrected chi connectivity index (χ2v) is 4.06. The van der Waals surface area contributed by atoms with Crippen molar-refractivity contribution in [2.45, 2.75) is 19.4 Å². The van der Waals surface area contributed by atoms with Crippen molar-refractivity contribution in [1.29, 1.82) is 0 Å². The summed E-state index contributed by atoms with van der Waals surface area (Å²) in [7, 11) is 0. The summed E-state index contributed by atoms with van der Waals surface area (Å²) in [6.07, 6.45) is 1.32. The molecule has 0 bridgehead atoms. The van der Waals surface area contributed by atoms with E-state index in [0.717, 1.165) is 0 Å². The van der Waals surface area contributed by atoms with Crippen molar-refractivity contribution in [3.8, 4) is 0 Å². The highest BCUT2D eigenvalue weighted by atomic mass is 32.1. The Labute approximate surface area is 65.1 Å². The van der Waals surface area contributed by atoms with Crippen molar-refractivity contribution in [1.82, 2.24) is 5.32 Å². The van der Waals surface area contributed by atoms with E-state index in [0.29, 0.717) is 6.04 Å². The zero-order valence-corrected chi connectivity index (χ0v) is 6.87. The molecule has 1 atom stereocenters. The van der Waals surface area contributed by atoms with Crippen LogP contribution >= 0.6 is 11.3 Å². The molecule has 1 saturated heterocycles. The Hall–Kier alpha value is -0.340. The van der Waals surface area contributed by atoms with Crippen LogP contribution in [0.4, 0.5) is 0 Å². The Morgan fingerprint density at radius 3 is 2.80 bits per heavy atom. The molecule has 1 aromatic rings. The molecular weight excluding hydrogens is 142 g/mol. The molecule has 1 aliphatic rings. The summed E-state index contributed by atoms with van der Waals surface area (Å²) >= 11 is 1.91. The molecule has 0 spiro atoms. The van der Waals surface area contributed by atoms with Gasteiger partial charge in [-0.15, -0.1) is 11.3 Å². The maximum atomic E-state index is 3.39. The molecule has 1 fully saturated rings. The van der Waals surface area contributed by atoms with Crippen molar-refractivity contribution in [3.63, 3.8) is 0 Å². The smallest absolute Gasteiger partial charge is 0.0427 e. The molecule has 0 aliphatic carbocycles. The van der Waals surface area contributed by atoms with E-state index < -0.39 is 0 Å². The van der Waals surface area contributed by atoms with Crippen molar-refractivity contribution in [2.24, 2.45) is 0 Å². The van der Waals surface area contributed by atoms with Gasteiger partial charge in [0.05, 0.1) is 0 Å². The first kappa shape index (κ1) is 6.38. The zero-order valence-electron chi connectivity index (χ0n) is 6.05. The summed E-state index contributed by atoms with van der Waals surface area (Å²) in [5, 5.41) is 3.39. The lowest BCUT2D eigenvalue weighted by molar-refractivity contribution is 0.389. The predicted octanol–water partition coefficient (Wildman–Crippen LogP) is 2.09. The average Bonchev–Trinajstić information content (AvgIpc) is 2.10. The second-order valence-electron chi connectivity index (χ2n) is 2.74. The normalized spacial score (nSPS) is 24.3. The number of aryl methyl sites for hydroxylation is 1. The minimum Gasteiger partial charge on any atom is -0.309 e. The number of nitrogens with one attached hydrogen (secondary N) is 1. The third kappa shape index (κ3) is 0.976. The molecule has 0 unspecified atom stereocenters. The molecule has 0 radical (unpaired) electrons. The first-order valence-corrected chi connectivity index (χ1v) is 4.47. The fourth-order valence-corrected chi connectivity index (χ4v) is 2.16. The molecule has 1 nitrogen and oxygen atoms in total. The summed E-state index contributed by atoms with van der Waals surface area (Å²) in [5.74, 6) is 0. The van der Waals surface area contributed by atoms with Crippen LogP contribution in [0.15, 0.2) is 12.1 Å². The molecule has 54 valence electrons. The molecule has 1 aromatic heterocycles. The number of thiophene rings is 1. The fraction of sp³-hybridized carbons (Fsp3) is 0.500. The van der Waals surface area contributed by atoms with Gasteiger partial charge in [-0.1, -0.05) is 0 Å². The van der Waals surface area contributed by atoms with Gasteiger partial charge < -0.3 is 5.32 Å². The van der Waals surface area contributed by atoms with Crippen LogP contribution < -0.4 is 5.32 Å².